The average molecular weight is 229 g/mol. The van der Waals surface area contributed by atoms with Gasteiger partial charge < -0.3 is 10.8 Å². The van der Waals surface area contributed by atoms with Crippen LogP contribution in [0.5, 0.6) is 0 Å². The van der Waals surface area contributed by atoms with Crippen LogP contribution >= 0.6 is 0 Å². The Bertz CT molecular complexity index is 541. The molecular weight excluding hydrogens is 218 g/mol. The molecule has 0 unspecified atom stereocenters. The van der Waals surface area contributed by atoms with Gasteiger partial charge in [-0.2, -0.15) is 0 Å². The highest BCUT2D eigenvalue weighted by molar-refractivity contribution is 5.89. The van der Waals surface area contributed by atoms with Gasteiger partial charge in [0.15, 0.2) is 0 Å². The third kappa shape index (κ3) is 2.29. The highest BCUT2D eigenvalue weighted by Crippen LogP contribution is 2.23. The van der Waals surface area contributed by atoms with Gasteiger partial charge >= 0.3 is 5.97 Å². The van der Waals surface area contributed by atoms with Crippen molar-refractivity contribution in [3.05, 3.63) is 48.0 Å². The van der Waals surface area contributed by atoms with Crippen LogP contribution in [-0.2, 0) is 6.54 Å². The number of carbonyl (C=O) groups is 1. The molecule has 5 heteroatoms. The number of nitrogens with two attached hydrogens (primary N) is 1. The molecule has 2 rings (SSSR count). The molecule has 1 aromatic heterocycles. The van der Waals surface area contributed by atoms with Crippen molar-refractivity contribution < 1.29 is 9.90 Å². The fourth-order valence-electron chi connectivity index (χ4n) is 1.62. The first kappa shape index (κ1) is 11.2. The van der Waals surface area contributed by atoms with Crippen molar-refractivity contribution in [2.75, 3.05) is 0 Å². The molecular formula is C12H11N3O2. The van der Waals surface area contributed by atoms with Crippen molar-refractivity contribution in [1.82, 2.24) is 9.97 Å². The zero-order chi connectivity index (χ0) is 12.3. The molecule has 5 nitrogen and oxygen atoms in total. The lowest BCUT2D eigenvalue weighted by atomic mass is 9.99. The highest BCUT2D eigenvalue weighted by Gasteiger charge is 2.09. The van der Waals surface area contributed by atoms with Gasteiger partial charge in [0, 0.05) is 24.5 Å². The normalized spacial score (nSPS) is 10.2. The van der Waals surface area contributed by atoms with Gasteiger partial charge in [-0.3, -0.25) is 0 Å². The first-order chi connectivity index (χ1) is 8.22. The fourth-order valence-corrected chi connectivity index (χ4v) is 1.62. The second-order valence-corrected chi connectivity index (χ2v) is 3.51. The van der Waals surface area contributed by atoms with E-state index in [-0.39, 0.29) is 12.1 Å². The SMILES string of the molecule is NCc1cc(C(=O)O)ccc1-c1cncnc1. The maximum Gasteiger partial charge on any atom is 0.335 e. The highest BCUT2D eigenvalue weighted by atomic mass is 16.4. The van der Waals surface area contributed by atoms with Crippen LogP contribution < -0.4 is 5.73 Å². The minimum absolute atomic E-state index is 0.228. The van der Waals surface area contributed by atoms with E-state index < -0.39 is 5.97 Å². The number of hydrogen-bond donors (Lipinski definition) is 2. The smallest absolute Gasteiger partial charge is 0.335 e. The summed E-state index contributed by atoms with van der Waals surface area (Å²) < 4.78 is 0. The van der Waals surface area contributed by atoms with Crippen LogP contribution in [0.3, 0.4) is 0 Å². The summed E-state index contributed by atoms with van der Waals surface area (Å²) in [4.78, 5) is 18.7. The lowest BCUT2D eigenvalue weighted by molar-refractivity contribution is 0.0697. The summed E-state index contributed by atoms with van der Waals surface area (Å²) in [5.41, 5.74) is 8.30. The Morgan fingerprint density at radius 3 is 2.59 bits per heavy atom. The zero-order valence-corrected chi connectivity index (χ0v) is 9.00. The predicted octanol–water partition coefficient (Wildman–Crippen LogP) is 1.30. The Labute approximate surface area is 98.0 Å². The molecule has 1 heterocycles. The number of rotatable bonds is 3. The predicted molar refractivity (Wildman–Crippen MR) is 62.3 cm³/mol. The maximum atomic E-state index is 10.9. The molecule has 0 bridgehead atoms. The Hall–Kier alpha value is -2.27. The molecule has 0 amide bonds. The van der Waals surface area contributed by atoms with Crippen molar-refractivity contribution in [1.29, 1.82) is 0 Å². The summed E-state index contributed by atoms with van der Waals surface area (Å²) in [6, 6.07) is 4.85. The zero-order valence-electron chi connectivity index (χ0n) is 9.00. The number of carboxylic acids is 1. The van der Waals surface area contributed by atoms with Crippen molar-refractivity contribution in [2.45, 2.75) is 6.54 Å². The van der Waals surface area contributed by atoms with Gasteiger partial charge in [-0.25, -0.2) is 14.8 Å². The van der Waals surface area contributed by atoms with E-state index in [1.807, 2.05) is 0 Å². The molecule has 2 aromatic rings. The summed E-state index contributed by atoms with van der Waals surface area (Å²) in [5.74, 6) is -0.962. The van der Waals surface area contributed by atoms with Gasteiger partial charge in [-0.05, 0) is 23.3 Å². The molecule has 0 radical (unpaired) electrons. The van der Waals surface area contributed by atoms with E-state index in [2.05, 4.69) is 9.97 Å². The number of hydrogen-bond acceptors (Lipinski definition) is 4. The first-order valence-corrected chi connectivity index (χ1v) is 5.04. The molecule has 0 saturated heterocycles. The van der Waals surface area contributed by atoms with Gasteiger partial charge in [-0.1, -0.05) is 6.07 Å². The summed E-state index contributed by atoms with van der Waals surface area (Å²) >= 11 is 0. The van der Waals surface area contributed by atoms with Crippen molar-refractivity contribution in [3.63, 3.8) is 0 Å². The molecule has 17 heavy (non-hydrogen) atoms. The third-order valence-electron chi connectivity index (χ3n) is 2.44. The van der Waals surface area contributed by atoms with E-state index in [0.29, 0.717) is 0 Å². The van der Waals surface area contributed by atoms with Gasteiger partial charge in [-0.15, -0.1) is 0 Å². The molecule has 0 aliphatic rings. The number of carboxylic acid groups (broad SMARTS) is 1. The van der Waals surface area contributed by atoms with Crippen LogP contribution in [-0.4, -0.2) is 21.0 Å². The lowest BCUT2D eigenvalue weighted by Gasteiger charge is -2.08. The van der Waals surface area contributed by atoms with Crippen LogP contribution in [0.15, 0.2) is 36.9 Å². The first-order valence-electron chi connectivity index (χ1n) is 5.04. The third-order valence-corrected chi connectivity index (χ3v) is 2.44. The van der Waals surface area contributed by atoms with Crippen LogP contribution in [0.2, 0.25) is 0 Å². The second-order valence-electron chi connectivity index (χ2n) is 3.51. The van der Waals surface area contributed by atoms with Gasteiger partial charge in [0.2, 0.25) is 0 Å². The average Bonchev–Trinajstić information content (AvgIpc) is 2.39. The van der Waals surface area contributed by atoms with Gasteiger partial charge in [0.25, 0.3) is 0 Å². The molecule has 0 saturated carbocycles. The van der Waals surface area contributed by atoms with Crippen molar-refractivity contribution in [3.8, 4) is 11.1 Å². The largest absolute Gasteiger partial charge is 0.478 e. The summed E-state index contributed by atoms with van der Waals surface area (Å²) in [7, 11) is 0. The minimum Gasteiger partial charge on any atom is -0.478 e. The van der Waals surface area contributed by atoms with E-state index in [1.54, 1.807) is 30.6 Å². The molecule has 0 spiro atoms. The number of nitrogens with zero attached hydrogens (tertiary/aromatic N) is 2. The van der Waals surface area contributed by atoms with Crippen molar-refractivity contribution in [2.24, 2.45) is 5.73 Å². The van der Waals surface area contributed by atoms with Gasteiger partial charge in [0.05, 0.1) is 5.56 Å². The monoisotopic (exact) mass is 229 g/mol. The molecule has 86 valence electrons. The van der Waals surface area contributed by atoms with E-state index in [1.165, 1.54) is 6.33 Å². The van der Waals surface area contributed by atoms with E-state index in [0.717, 1.165) is 16.7 Å². The summed E-state index contributed by atoms with van der Waals surface area (Å²) in [6.07, 6.45) is 4.78. The maximum absolute atomic E-state index is 10.9. The Kier molecular flexibility index (Phi) is 3.11. The van der Waals surface area contributed by atoms with Crippen LogP contribution in [0.4, 0.5) is 0 Å². The topological polar surface area (TPSA) is 89.1 Å². The van der Waals surface area contributed by atoms with E-state index in [4.69, 9.17) is 10.8 Å². The molecule has 0 aliphatic carbocycles. The van der Waals surface area contributed by atoms with Crippen LogP contribution in [0.25, 0.3) is 11.1 Å². The number of benzene rings is 1. The fraction of sp³-hybridized carbons (Fsp3) is 0.0833. The molecule has 1 aromatic carbocycles. The standard InChI is InChI=1S/C12H11N3O2/c13-4-9-3-8(12(16)17)1-2-11(9)10-5-14-7-15-6-10/h1-3,5-7H,4,13H2,(H,16,17). The summed E-state index contributed by atoms with van der Waals surface area (Å²) in [5, 5.41) is 8.90. The molecule has 0 fully saturated rings. The van der Waals surface area contributed by atoms with Gasteiger partial charge in [0.1, 0.15) is 6.33 Å². The van der Waals surface area contributed by atoms with Crippen molar-refractivity contribution >= 4 is 5.97 Å². The number of aromatic carboxylic acids is 1. The van der Waals surface area contributed by atoms with E-state index >= 15 is 0 Å². The molecule has 3 N–H and O–H groups in total. The minimum atomic E-state index is -0.962. The van der Waals surface area contributed by atoms with Crippen LogP contribution in [0.1, 0.15) is 15.9 Å². The Balaban J connectivity index is 2.52. The Morgan fingerprint density at radius 2 is 2.00 bits per heavy atom. The Morgan fingerprint density at radius 1 is 1.29 bits per heavy atom. The quantitative estimate of drug-likeness (QED) is 0.828. The molecule has 0 atom stereocenters. The second kappa shape index (κ2) is 4.71. The van der Waals surface area contributed by atoms with E-state index in [9.17, 15) is 4.79 Å². The molecule has 0 aliphatic heterocycles. The van der Waals surface area contributed by atoms with Crippen LogP contribution in [0, 0.1) is 0 Å². The summed E-state index contributed by atoms with van der Waals surface area (Å²) in [6.45, 7) is 0.269. The number of aromatic nitrogens is 2. The lowest BCUT2D eigenvalue weighted by Crippen LogP contribution is -2.03.